The predicted molar refractivity (Wildman–Crippen MR) is 306 cm³/mol. The molecule has 0 saturated carbocycles. The van der Waals surface area contributed by atoms with E-state index in [4.69, 9.17) is 0 Å². The molecule has 346 valence electrons. The number of allylic oxidation sites excluding steroid dienone is 12. The van der Waals surface area contributed by atoms with Gasteiger partial charge in [0.15, 0.2) is 0 Å². The maximum atomic E-state index is 2.55. The number of hydrogen-bond acceptors (Lipinski definition) is 1. The zero-order valence-electron chi connectivity index (χ0n) is 41.1. The van der Waals surface area contributed by atoms with Gasteiger partial charge in [0.2, 0.25) is 0 Å². The highest BCUT2D eigenvalue weighted by molar-refractivity contribution is 6.01. The van der Waals surface area contributed by atoms with Gasteiger partial charge in [0, 0.05) is 40.2 Å². The van der Waals surface area contributed by atoms with Crippen LogP contribution in [0, 0.1) is 11.8 Å². The number of fused-ring (bicyclic) bond motifs is 15. The van der Waals surface area contributed by atoms with Crippen molar-refractivity contribution in [1.29, 1.82) is 0 Å². The fourth-order valence-corrected chi connectivity index (χ4v) is 14.2. The van der Waals surface area contributed by atoms with E-state index in [-0.39, 0.29) is 16.7 Å². The van der Waals surface area contributed by atoms with Crippen LogP contribution in [0.2, 0.25) is 0 Å². The Morgan fingerprint density at radius 2 is 1.10 bits per heavy atom. The minimum absolute atomic E-state index is 0.0885. The normalized spacial score (nSPS) is 20.7. The predicted octanol–water partition coefficient (Wildman–Crippen LogP) is 18.6. The summed E-state index contributed by atoms with van der Waals surface area (Å²) in [5.74, 6) is 0.936. The molecule has 9 aromatic rings. The zero-order chi connectivity index (χ0) is 48.4. The number of rotatable bonds is 6. The number of anilines is 3. The first-order chi connectivity index (χ1) is 35.9. The number of benzene rings is 9. The van der Waals surface area contributed by atoms with Crippen LogP contribution in [-0.4, -0.2) is 0 Å². The summed E-state index contributed by atoms with van der Waals surface area (Å²) in [5.41, 5.74) is 25.7. The molecule has 4 unspecified atom stereocenters. The van der Waals surface area contributed by atoms with Crippen molar-refractivity contribution in [3.05, 3.63) is 299 Å². The van der Waals surface area contributed by atoms with Gasteiger partial charge in [0.25, 0.3) is 0 Å². The van der Waals surface area contributed by atoms with Gasteiger partial charge in [0.05, 0.1) is 5.41 Å². The largest absolute Gasteiger partial charge is 0.310 e. The molecule has 4 atom stereocenters. The zero-order valence-corrected chi connectivity index (χ0v) is 41.1. The fourth-order valence-electron chi connectivity index (χ4n) is 14.2. The maximum absolute atomic E-state index is 2.55. The van der Waals surface area contributed by atoms with Crippen LogP contribution in [0.5, 0.6) is 0 Å². The molecule has 1 nitrogen and oxygen atoms in total. The summed E-state index contributed by atoms with van der Waals surface area (Å²) >= 11 is 0. The first-order valence-electron chi connectivity index (χ1n) is 26.2. The third-order valence-electron chi connectivity index (χ3n) is 17.5. The van der Waals surface area contributed by atoms with Crippen LogP contribution in [0.1, 0.15) is 65.1 Å². The summed E-state index contributed by atoms with van der Waals surface area (Å²) in [4.78, 5) is 2.51. The highest BCUT2D eigenvalue weighted by Gasteiger charge is 2.57. The molecule has 6 aliphatic carbocycles. The Morgan fingerprint density at radius 3 is 1.99 bits per heavy atom. The van der Waals surface area contributed by atoms with E-state index in [1.54, 1.807) is 0 Å². The molecule has 0 heterocycles. The Kier molecular flexibility index (Phi) is 9.24. The molecule has 1 heteroatoms. The second-order valence-electron chi connectivity index (χ2n) is 21.5. The number of hydrogen-bond donors (Lipinski definition) is 0. The van der Waals surface area contributed by atoms with Crippen LogP contribution in [0.3, 0.4) is 0 Å². The van der Waals surface area contributed by atoms with Gasteiger partial charge in [-0.05, 0) is 154 Å². The lowest BCUT2D eigenvalue weighted by molar-refractivity contribution is 0.465. The highest BCUT2D eigenvalue weighted by atomic mass is 15.1. The molecule has 0 N–H and O–H groups in total. The van der Waals surface area contributed by atoms with Crippen LogP contribution in [-0.2, 0) is 10.8 Å². The molecule has 1 spiro atoms. The number of nitrogens with zero attached hydrogens (tertiary/aromatic N) is 1. The fraction of sp³-hybridized carbons (Fsp3) is 0.111. The van der Waals surface area contributed by atoms with Crippen molar-refractivity contribution in [2.24, 2.45) is 11.8 Å². The highest BCUT2D eigenvalue weighted by Crippen LogP contribution is 2.66. The SMILES string of the molecule is CC1(C)c2ccccc2-c2ccc(-c3cccc(N(c4ccc(-c5ccc6ccccc6c5C5=CC=C6C=CC=CC6C5)cc4)c4ccc5c(c4)C4(c6ccccc6-5)c5ccccc5C5C=CC=CC54)c3)cc21. The molecular formula is C72H53N. The molecule has 15 rings (SSSR count). The quantitative estimate of drug-likeness (QED) is 0.161. The Morgan fingerprint density at radius 1 is 0.438 bits per heavy atom. The lowest BCUT2D eigenvalue weighted by Gasteiger charge is -2.37. The second kappa shape index (κ2) is 16.0. The lowest BCUT2D eigenvalue weighted by atomic mass is 9.65. The van der Waals surface area contributed by atoms with Crippen LogP contribution in [0.15, 0.2) is 260 Å². The van der Waals surface area contributed by atoms with Crippen molar-refractivity contribution in [2.75, 3.05) is 4.90 Å². The van der Waals surface area contributed by atoms with Crippen LogP contribution >= 0.6 is 0 Å². The molecule has 0 aliphatic heterocycles. The second-order valence-corrected chi connectivity index (χ2v) is 21.5. The van der Waals surface area contributed by atoms with E-state index in [0.717, 1.165) is 23.5 Å². The third-order valence-corrected chi connectivity index (χ3v) is 17.5. The van der Waals surface area contributed by atoms with E-state index in [2.05, 4.69) is 274 Å². The molecule has 0 radical (unpaired) electrons. The molecule has 0 amide bonds. The van der Waals surface area contributed by atoms with E-state index in [9.17, 15) is 0 Å². The first kappa shape index (κ1) is 42.2. The molecule has 6 aliphatic rings. The summed E-state index contributed by atoms with van der Waals surface area (Å²) in [7, 11) is 0. The molecule has 0 aromatic heterocycles. The topological polar surface area (TPSA) is 3.24 Å². The lowest BCUT2D eigenvalue weighted by Crippen LogP contribution is -2.33. The van der Waals surface area contributed by atoms with Crippen molar-refractivity contribution < 1.29 is 0 Å². The summed E-state index contributed by atoms with van der Waals surface area (Å²) in [6.07, 6.45) is 24.1. The molecule has 73 heavy (non-hydrogen) atoms. The standard InChI is InChI=1S/C72H53N/c1-71(2)64-26-11-7-22-58(64)62-40-35-51(44-68(62)71)50-19-15-20-54(43-50)73(53-36-32-48(33-37-53)57-39-34-47-17-5-6-21-56(47)70(57)52-31-30-46-16-3-4-18-49(46)42-52)55-38-41-63-61-25-10-14-29-67(61)72(69(63)45-55)65-27-12-8-23-59(65)60-24-9-13-28-66(60)72/h3-41,43-45,49,59,65H,42H2,1-2H3. The van der Waals surface area contributed by atoms with Gasteiger partial charge in [0.1, 0.15) is 0 Å². The van der Waals surface area contributed by atoms with Crippen molar-refractivity contribution in [3.63, 3.8) is 0 Å². The maximum Gasteiger partial charge on any atom is 0.0538 e. The van der Waals surface area contributed by atoms with Crippen molar-refractivity contribution >= 4 is 33.4 Å². The smallest absolute Gasteiger partial charge is 0.0538 e. The molecule has 0 fully saturated rings. The first-order valence-corrected chi connectivity index (χ1v) is 26.2. The third kappa shape index (κ3) is 6.15. The van der Waals surface area contributed by atoms with Gasteiger partial charge in [-0.2, -0.15) is 0 Å². The Hall–Kier alpha value is -8.52. The van der Waals surface area contributed by atoms with E-state index in [0.29, 0.717) is 11.8 Å². The molecule has 0 bridgehead atoms. The van der Waals surface area contributed by atoms with Crippen molar-refractivity contribution in [2.45, 2.75) is 37.0 Å². The molecular weight excluding hydrogens is 879 g/mol. The monoisotopic (exact) mass is 931 g/mol. The van der Waals surface area contributed by atoms with Gasteiger partial charge in [-0.3, -0.25) is 0 Å². The van der Waals surface area contributed by atoms with E-state index >= 15 is 0 Å². The van der Waals surface area contributed by atoms with Crippen molar-refractivity contribution in [1.82, 2.24) is 0 Å². The van der Waals surface area contributed by atoms with E-state index < -0.39 is 0 Å². The van der Waals surface area contributed by atoms with Gasteiger partial charge < -0.3 is 4.90 Å². The Labute approximate surface area is 428 Å². The van der Waals surface area contributed by atoms with Crippen LogP contribution < -0.4 is 4.90 Å². The van der Waals surface area contributed by atoms with Gasteiger partial charge in [-0.1, -0.05) is 226 Å². The average Bonchev–Trinajstić information content (AvgIpc) is 4.05. The van der Waals surface area contributed by atoms with Gasteiger partial charge in [-0.15, -0.1) is 0 Å². The Balaban J connectivity index is 0.904. The molecule has 0 saturated heterocycles. The summed E-state index contributed by atoms with van der Waals surface area (Å²) < 4.78 is 0. The van der Waals surface area contributed by atoms with Gasteiger partial charge >= 0.3 is 0 Å². The minimum Gasteiger partial charge on any atom is -0.310 e. The summed E-state index contributed by atoms with van der Waals surface area (Å²) in [6, 6.07) is 74.0. The Bertz CT molecular complexity index is 4000. The minimum atomic E-state index is -0.337. The summed E-state index contributed by atoms with van der Waals surface area (Å²) in [5, 5.41) is 2.56. The van der Waals surface area contributed by atoms with Crippen molar-refractivity contribution in [3.8, 4) is 44.5 Å². The molecule has 9 aromatic carbocycles. The summed E-state index contributed by atoms with van der Waals surface area (Å²) in [6.45, 7) is 4.75. The van der Waals surface area contributed by atoms with Gasteiger partial charge in [-0.25, -0.2) is 0 Å². The van der Waals surface area contributed by atoms with Crippen LogP contribution in [0.25, 0.3) is 60.9 Å². The van der Waals surface area contributed by atoms with E-state index in [1.165, 1.54) is 105 Å². The van der Waals surface area contributed by atoms with E-state index in [1.807, 2.05) is 0 Å². The average molecular weight is 932 g/mol. The van der Waals surface area contributed by atoms with Crippen LogP contribution in [0.4, 0.5) is 17.1 Å².